The summed E-state index contributed by atoms with van der Waals surface area (Å²) in [6, 6.07) is 9.78. The van der Waals surface area contributed by atoms with Gasteiger partial charge in [0.2, 0.25) is 0 Å². The van der Waals surface area contributed by atoms with Gasteiger partial charge in [0, 0.05) is 18.0 Å². The van der Waals surface area contributed by atoms with E-state index in [1.807, 2.05) is 6.07 Å². The Labute approximate surface area is 152 Å². The highest BCUT2D eigenvalue weighted by Gasteiger charge is 2.28. The van der Waals surface area contributed by atoms with E-state index in [1.54, 1.807) is 23.1 Å². The van der Waals surface area contributed by atoms with Crippen LogP contribution in [0.2, 0.25) is 0 Å². The molecule has 0 atom stereocenters. The molecule has 0 saturated carbocycles. The van der Waals surface area contributed by atoms with Gasteiger partial charge in [-0.15, -0.1) is 11.3 Å². The van der Waals surface area contributed by atoms with Crippen LogP contribution in [0.1, 0.15) is 22.5 Å². The molecule has 2 aromatic rings. The molecule has 1 aliphatic rings. The average molecular weight is 381 g/mol. The Hall–Kier alpha value is -2.48. The molecular weight excluding hydrogens is 364 g/mol. The third kappa shape index (κ3) is 4.19. The fourth-order valence-corrected chi connectivity index (χ4v) is 3.87. The van der Waals surface area contributed by atoms with Crippen molar-refractivity contribution in [2.24, 2.45) is 5.92 Å². The van der Waals surface area contributed by atoms with Crippen LogP contribution in [0, 0.1) is 5.92 Å². The van der Waals surface area contributed by atoms with Gasteiger partial charge in [-0.1, -0.05) is 0 Å². The van der Waals surface area contributed by atoms with E-state index in [9.17, 15) is 18.4 Å². The topological polar surface area (TPSA) is 66.8 Å². The molecule has 0 spiro atoms. The number of hydrogen-bond acceptors (Lipinski definition) is 4. The van der Waals surface area contributed by atoms with Gasteiger partial charge in [-0.25, -0.2) is 0 Å². The van der Waals surface area contributed by atoms with Crippen molar-refractivity contribution in [3.8, 4) is 16.2 Å². The number of carbonyl (C=O) groups is 2. The molecule has 0 bridgehead atoms. The minimum absolute atomic E-state index is 0.0814. The van der Waals surface area contributed by atoms with Gasteiger partial charge in [-0.2, -0.15) is 8.78 Å². The lowest BCUT2D eigenvalue weighted by Gasteiger charge is -2.29. The number of hydrogen-bond donors (Lipinski definition) is 1. The largest absolute Gasteiger partial charge is 0.481 e. The Morgan fingerprint density at radius 2 is 1.77 bits per heavy atom. The first-order chi connectivity index (χ1) is 12.4. The van der Waals surface area contributed by atoms with Crippen LogP contribution in [0.4, 0.5) is 8.78 Å². The van der Waals surface area contributed by atoms with Gasteiger partial charge in [0.05, 0.1) is 10.8 Å². The number of ether oxygens (including phenoxy) is 1. The van der Waals surface area contributed by atoms with Gasteiger partial charge in [-0.3, -0.25) is 9.59 Å². The highest BCUT2D eigenvalue weighted by Crippen LogP contribution is 2.31. The first-order valence-corrected chi connectivity index (χ1v) is 8.93. The quantitative estimate of drug-likeness (QED) is 0.852. The maximum Gasteiger partial charge on any atom is 0.387 e. The molecule has 1 aliphatic heterocycles. The van der Waals surface area contributed by atoms with Crippen molar-refractivity contribution in [1.29, 1.82) is 0 Å². The normalized spacial score (nSPS) is 15.3. The molecule has 138 valence electrons. The van der Waals surface area contributed by atoms with Crippen molar-refractivity contribution in [2.45, 2.75) is 19.5 Å². The molecule has 1 saturated heterocycles. The number of amides is 1. The number of thiophene rings is 1. The van der Waals surface area contributed by atoms with E-state index in [0.717, 1.165) is 10.4 Å². The van der Waals surface area contributed by atoms with Gasteiger partial charge in [0.15, 0.2) is 0 Å². The first-order valence-electron chi connectivity index (χ1n) is 8.11. The van der Waals surface area contributed by atoms with Crippen LogP contribution in [0.15, 0.2) is 36.4 Å². The number of carbonyl (C=O) groups excluding carboxylic acids is 1. The molecule has 0 unspecified atom stereocenters. The fourth-order valence-electron chi connectivity index (χ4n) is 2.89. The summed E-state index contributed by atoms with van der Waals surface area (Å²) in [5, 5.41) is 9.03. The van der Waals surface area contributed by atoms with Gasteiger partial charge in [0.1, 0.15) is 5.75 Å². The van der Waals surface area contributed by atoms with Crippen LogP contribution < -0.4 is 4.74 Å². The van der Waals surface area contributed by atoms with Crippen LogP contribution in [-0.4, -0.2) is 41.6 Å². The summed E-state index contributed by atoms with van der Waals surface area (Å²) in [6.07, 6.45) is 0.926. The van der Waals surface area contributed by atoms with Crippen molar-refractivity contribution in [1.82, 2.24) is 4.90 Å². The monoisotopic (exact) mass is 381 g/mol. The molecule has 1 aromatic heterocycles. The lowest BCUT2D eigenvalue weighted by Crippen LogP contribution is -2.39. The van der Waals surface area contributed by atoms with Gasteiger partial charge in [-0.05, 0) is 54.8 Å². The second kappa shape index (κ2) is 7.82. The maximum atomic E-state index is 12.6. The number of carboxylic acids is 1. The third-order valence-corrected chi connectivity index (χ3v) is 5.43. The molecule has 1 aromatic carbocycles. The lowest BCUT2D eigenvalue weighted by molar-refractivity contribution is -0.143. The number of piperidine rings is 1. The minimum Gasteiger partial charge on any atom is -0.481 e. The Balaban J connectivity index is 1.66. The predicted molar refractivity (Wildman–Crippen MR) is 92.7 cm³/mol. The molecule has 1 N–H and O–H groups in total. The van der Waals surface area contributed by atoms with E-state index in [4.69, 9.17) is 5.11 Å². The zero-order valence-corrected chi connectivity index (χ0v) is 14.5. The smallest absolute Gasteiger partial charge is 0.387 e. The fraction of sp³-hybridized carbons (Fsp3) is 0.333. The van der Waals surface area contributed by atoms with Gasteiger partial charge < -0.3 is 14.7 Å². The molecule has 2 heterocycles. The van der Waals surface area contributed by atoms with Crippen molar-refractivity contribution < 1.29 is 28.2 Å². The Bertz CT molecular complexity index is 783. The maximum absolute atomic E-state index is 12.6. The third-order valence-electron chi connectivity index (χ3n) is 4.31. The molecule has 0 aliphatic carbocycles. The molecular formula is C18H17F2NO4S. The van der Waals surface area contributed by atoms with Crippen LogP contribution in [0.5, 0.6) is 5.75 Å². The van der Waals surface area contributed by atoms with E-state index in [1.165, 1.54) is 23.5 Å². The molecule has 5 nitrogen and oxygen atoms in total. The zero-order valence-electron chi connectivity index (χ0n) is 13.7. The van der Waals surface area contributed by atoms with E-state index < -0.39 is 12.6 Å². The lowest BCUT2D eigenvalue weighted by atomic mass is 9.97. The highest BCUT2D eigenvalue weighted by atomic mass is 32.1. The molecule has 0 radical (unpaired) electrons. The number of carboxylic acid groups (broad SMARTS) is 1. The minimum atomic E-state index is -2.86. The SMILES string of the molecule is O=C(O)C1CCN(C(=O)c2ccc(-c3ccc(OC(F)F)cc3)s2)CC1. The summed E-state index contributed by atoms with van der Waals surface area (Å²) in [6.45, 7) is -2.00. The number of halogens is 2. The van der Waals surface area contributed by atoms with Crippen molar-refractivity contribution >= 4 is 23.2 Å². The van der Waals surface area contributed by atoms with E-state index in [2.05, 4.69) is 4.74 Å². The zero-order chi connectivity index (χ0) is 18.7. The molecule has 1 amide bonds. The summed E-state index contributed by atoms with van der Waals surface area (Å²) in [5.74, 6) is -1.22. The Kier molecular flexibility index (Phi) is 5.51. The number of rotatable bonds is 5. The summed E-state index contributed by atoms with van der Waals surface area (Å²) < 4.78 is 28.7. The number of likely N-dealkylation sites (tertiary alicyclic amines) is 1. The summed E-state index contributed by atoms with van der Waals surface area (Å²) in [5.41, 5.74) is 0.806. The molecule has 26 heavy (non-hydrogen) atoms. The number of benzene rings is 1. The van der Waals surface area contributed by atoms with Crippen LogP contribution in [0.25, 0.3) is 10.4 Å². The summed E-state index contributed by atoms with van der Waals surface area (Å²) in [7, 11) is 0. The summed E-state index contributed by atoms with van der Waals surface area (Å²) in [4.78, 5) is 26.7. The van der Waals surface area contributed by atoms with Crippen LogP contribution in [-0.2, 0) is 4.79 Å². The second-order valence-corrected chi connectivity index (χ2v) is 7.06. The molecule has 3 rings (SSSR count). The highest BCUT2D eigenvalue weighted by molar-refractivity contribution is 7.17. The van der Waals surface area contributed by atoms with Gasteiger partial charge in [0.25, 0.3) is 5.91 Å². The average Bonchev–Trinajstić information content (AvgIpc) is 3.11. The Morgan fingerprint density at radius 3 is 2.35 bits per heavy atom. The van der Waals surface area contributed by atoms with Crippen molar-refractivity contribution in [2.75, 3.05) is 13.1 Å². The van der Waals surface area contributed by atoms with E-state index in [-0.39, 0.29) is 17.6 Å². The predicted octanol–water partition coefficient (Wildman–Crippen LogP) is 3.95. The second-order valence-electron chi connectivity index (χ2n) is 5.97. The Morgan fingerprint density at radius 1 is 1.12 bits per heavy atom. The van der Waals surface area contributed by atoms with Crippen molar-refractivity contribution in [3.05, 3.63) is 41.3 Å². The van der Waals surface area contributed by atoms with Crippen LogP contribution >= 0.6 is 11.3 Å². The first kappa shape index (κ1) is 18.3. The standard InChI is InChI=1S/C18H17F2NO4S/c19-18(20)25-13-3-1-11(2-4-13)14-5-6-15(26-14)16(22)21-9-7-12(8-10-21)17(23)24/h1-6,12,18H,7-10H2,(H,23,24). The number of alkyl halides is 2. The summed E-state index contributed by atoms with van der Waals surface area (Å²) >= 11 is 1.32. The van der Waals surface area contributed by atoms with E-state index >= 15 is 0 Å². The van der Waals surface area contributed by atoms with Gasteiger partial charge >= 0.3 is 12.6 Å². The molecule has 8 heteroatoms. The van der Waals surface area contributed by atoms with Crippen LogP contribution in [0.3, 0.4) is 0 Å². The van der Waals surface area contributed by atoms with E-state index in [0.29, 0.717) is 30.8 Å². The van der Waals surface area contributed by atoms with Crippen molar-refractivity contribution in [3.63, 3.8) is 0 Å². The number of nitrogens with zero attached hydrogens (tertiary/aromatic N) is 1. The molecule has 1 fully saturated rings. The number of aliphatic carboxylic acids is 1.